The minimum absolute atomic E-state index is 0.122. The Morgan fingerprint density at radius 3 is 2.79 bits per heavy atom. The fraction of sp³-hybridized carbons (Fsp3) is 0.600. The Hall–Kier alpha value is -1.13. The monoisotopic (exact) mass is 266 g/mol. The van der Waals surface area contributed by atoms with Gasteiger partial charge < -0.3 is 15.0 Å². The van der Waals surface area contributed by atoms with Crippen molar-refractivity contribution in [3.63, 3.8) is 0 Å². The van der Waals surface area contributed by atoms with Gasteiger partial charge in [-0.2, -0.15) is 0 Å². The van der Waals surface area contributed by atoms with Gasteiger partial charge in [0.05, 0.1) is 17.9 Å². The topological polar surface area (TPSA) is 24.5 Å². The molecule has 1 N–H and O–H groups in total. The van der Waals surface area contributed by atoms with Crippen LogP contribution in [-0.2, 0) is 4.74 Å². The Bertz CT molecular complexity index is 448. The highest BCUT2D eigenvalue weighted by atomic mass is 19.1. The molecule has 0 saturated carbocycles. The summed E-state index contributed by atoms with van der Waals surface area (Å²) in [6, 6.07) is 5.41. The van der Waals surface area contributed by atoms with Crippen molar-refractivity contribution < 1.29 is 9.13 Å². The smallest absolute Gasteiger partial charge is 0.146 e. The average molecular weight is 266 g/mol. The molecule has 1 unspecified atom stereocenters. The number of morpholine rings is 1. The molecule has 1 saturated heterocycles. The van der Waals surface area contributed by atoms with Gasteiger partial charge in [-0.25, -0.2) is 4.39 Å². The molecular formula is C15H23FN2O. The van der Waals surface area contributed by atoms with E-state index in [0.717, 1.165) is 12.1 Å². The Kier molecular flexibility index (Phi) is 4.11. The van der Waals surface area contributed by atoms with E-state index in [0.29, 0.717) is 18.8 Å². The number of hydrogen-bond donors (Lipinski definition) is 1. The second-order valence-corrected chi connectivity index (χ2v) is 5.72. The minimum atomic E-state index is -0.235. The molecule has 19 heavy (non-hydrogen) atoms. The minimum Gasteiger partial charge on any atom is -0.372 e. The van der Waals surface area contributed by atoms with Crippen molar-refractivity contribution in [3.05, 3.63) is 29.6 Å². The van der Waals surface area contributed by atoms with Gasteiger partial charge in [0.15, 0.2) is 0 Å². The quantitative estimate of drug-likeness (QED) is 0.910. The molecule has 0 spiro atoms. The summed E-state index contributed by atoms with van der Waals surface area (Å²) in [4.78, 5) is 2.10. The van der Waals surface area contributed by atoms with Crippen LogP contribution in [-0.4, -0.2) is 32.3 Å². The molecule has 4 heteroatoms. The van der Waals surface area contributed by atoms with Crippen LogP contribution in [0.3, 0.4) is 0 Å². The predicted molar refractivity (Wildman–Crippen MR) is 76.1 cm³/mol. The van der Waals surface area contributed by atoms with E-state index < -0.39 is 0 Å². The standard InChI is InChI=1S/C15H23FN2O/c1-11(17-4)12-6-5-7-13(16)14(12)18-8-9-19-15(2,3)10-18/h5-7,11,17H,8-10H2,1-4H3. The summed E-state index contributed by atoms with van der Waals surface area (Å²) < 4.78 is 20.0. The van der Waals surface area contributed by atoms with Gasteiger partial charge >= 0.3 is 0 Å². The molecule has 1 atom stereocenters. The Balaban J connectivity index is 2.37. The lowest BCUT2D eigenvalue weighted by atomic mass is 10.0. The molecule has 1 aromatic rings. The van der Waals surface area contributed by atoms with Crippen LogP contribution in [0.15, 0.2) is 18.2 Å². The highest BCUT2D eigenvalue weighted by Crippen LogP contribution is 2.32. The molecule has 0 radical (unpaired) electrons. The lowest BCUT2D eigenvalue weighted by Crippen LogP contribution is -2.49. The molecular weight excluding hydrogens is 243 g/mol. The number of nitrogens with one attached hydrogen (secondary N) is 1. The highest BCUT2D eigenvalue weighted by molar-refractivity contribution is 5.56. The van der Waals surface area contributed by atoms with E-state index in [1.165, 1.54) is 6.07 Å². The van der Waals surface area contributed by atoms with Crippen molar-refractivity contribution in [2.75, 3.05) is 31.6 Å². The van der Waals surface area contributed by atoms with E-state index in [1.807, 2.05) is 33.9 Å². The SMILES string of the molecule is CNC(C)c1cccc(F)c1N1CCOC(C)(C)C1. The fourth-order valence-corrected chi connectivity index (χ4v) is 2.58. The largest absolute Gasteiger partial charge is 0.372 e. The van der Waals surface area contributed by atoms with Crippen LogP contribution in [0, 0.1) is 5.82 Å². The summed E-state index contributed by atoms with van der Waals surface area (Å²) in [5, 5.41) is 3.18. The molecule has 1 aliphatic rings. The van der Waals surface area contributed by atoms with Crippen LogP contribution in [0.25, 0.3) is 0 Å². The number of anilines is 1. The van der Waals surface area contributed by atoms with Crippen LogP contribution in [0.1, 0.15) is 32.4 Å². The Morgan fingerprint density at radius 2 is 2.16 bits per heavy atom. The molecule has 0 aromatic heterocycles. The van der Waals surface area contributed by atoms with Crippen molar-refractivity contribution in [1.29, 1.82) is 0 Å². The van der Waals surface area contributed by atoms with Gasteiger partial charge in [0.25, 0.3) is 0 Å². The predicted octanol–water partition coefficient (Wildman–Crippen LogP) is 2.72. The molecule has 0 bridgehead atoms. The number of nitrogens with zero attached hydrogens (tertiary/aromatic N) is 1. The van der Waals surface area contributed by atoms with E-state index in [1.54, 1.807) is 6.07 Å². The molecule has 1 aromatic carbocycles. The van der Waals surface area contributed by atoms with Crippen LogP contribution < -0.4 is 10.2 Å². The molecule has 3 nitrogen and oxygen atoms in total. The summed E-state index contributed by atoms with van der Waals surface area (Å²) in [5.74, 6) is -0.155. The molecule has 2 rings (SSSR count). The first-order chi connectivity index (χ1) is 8.94. The van der Waals surface area contributed by atoms with Gasteiger partial charge in [-0.05, 0) is 39.4 Å². The molecule has 0 aliphatic carbocycles. The lowest BCUT2D eigenvalue weighted by Gasteiger charge is -2.40. The fourth-order valence-electron chi connectivity index (χ4n) is 2.58. The zero-order valence-electron chi connectivity index (χ0n) is 12.2. The van der Waals surface area contributed by atoms with E-state index in [4.69, 9.17) is 4.74 Å². The number of ether oxygens (including phenoxy) is 1. The van der Waals surface area contributed by atoms with Crippen LogP contribution in [0.2, 0.25) is 0 Å². The van der Waals surface area contributed by atoms with Gasteiger partial charge in [-0.1, -0.05) is 12.1 Å². The van der Waals surface area contributed by atoms with Crippen molar-refractivity contribution in [2.45, 2.75) is 32.4 Å². The molecule has 1 heterocycles. The second-order valence-electron chi connectivity index (χ2n) is 5.72. The van der Waals surface area contributed by atoms with Gasteiger partial charge in [0.1, 0.15) is 5.82 Å². The van der Waals surface area contributed by atoms with Crippen LogP contribution in [0.5, 0.6) is 0 Å². The van der Waals surface area contributed by atoms with Crippen molar-refractivity contribution >= 4 is 5.69 Å². The first-order valence-corrected chi connectivity index (χ1v) is 6.79. The summed E-state index contributed by atoms with van der Waals surface area (Å²) >= 11 is 0. The zero-order chi connectivity index (χ0) is 14.0. The van der Waals surface area contributed by atoms with E-state index in [2.05, 4.69) is 10.2 Å². The Morgan fingerprint density at radius 1 is 1.42 bits per heavy atom. The molecule has 0 amide bonds. The Labute approximate surface area is 114 Å². The average Bonchev–Trinajstić information content (AvgIpc) is 2.36. The second kappa shape index (κ2) is 5.47. The highest BCUT2D eigenvalue weighted by Gasteiger charge is 2.30. The summed E-state index contributed by atoms with van der Waals surface area (Å²) in [7, 11) is 1.89. The van der Waals surface area contributed by atoms with Gasteiger partial charge in [-0.15, -0.1) is 0 Å². The van der Waals surface area contributed by atoms with E-state index in [9.17, 15) is 4.39 Å². The summed E-state index contributed by atoms with van der Waals surface area (Å²) in [6.45, 7) is 8.20. The third-order valence-corrected chi connectivity index (χ3v) is 3.66. The third-order valence-electron chi connectivity index (χ3n) is 3.66. The molecule has 106 valence electrons. The molecule has 1 fully saturated rings. The van der Waals surface area contributed by atoms with Gasteiger partial charge in [0.2, 0.25) is 0 Å². The first kappa shape index (κ1) is 14.3. The van der Waals surface area contributed by atoms with Gasteiger partial charge in [-0.3, -0.25) is 0 Å². The van der Waals surface area contributed by atoms with Gasteiger partial charge in [0, 0.05) is 19.1 Å². The number of rotatable bonds is 3. The maximum Gasteiger partial charge on any atom is 0.146 e. The zero-order valence-corrected chi connectivity index (χ0v) is 12.2. The molecule has 1 aliphatic heterocycles. The number of halogens is 1. The summed E-state index contributed by atoms with van der Waals surface area (Å²) in [6.07, 6.45) is 0. The normalized spacial score (nSPS) is 20.4. The first-order valence-electron chi connectivity index (χ1n) is 6.79. The van der Waals surface area contributed by atoms with E-state index in [-0.39, 0.29) is 17.5 Å². The van der Waals surface area contributed by atoms with E-state index >= 15 is 0 Å². The summed E-state index contributed by atoms with van der Waals surface area (Å²) in [5.41, 5.74) is 1.47. The maximum absolute atomic E-state index is 14.3. The van der Waals surface area contributed by atoms with Crippen molar-refractivity contribution in [2.24, 2.45) is 0 Å². The van der Waals surface area contributed by atoms with Crippen LogP contribution >= 0.6 is 0 Å². The number of para-hydroxylation sites is 1. The number of hydrogen-bond acceptors (Lipinski definition) is 3. The lowest BCUT2D eigenvalue weighted by molar-refractivity contribution is -0.0279. The number of benzene rings is 1. The van der Waals surface area contributed by atoms with Crippen molar-refractivity contribution in [1.82, 2.24) is 5.32 Å². The van der Waals surface area contributed by atoms with Crippen LogP contribution in [0.4, 0.5) is 10.1 Å². The maximum atomic E-state index is 14.3. The third kappa shape index (κ3) is 3.07. The van der Waals surface area contributed by atoms with Crippen molar-refractivity contribution in [3.8, 4) is 0 Å².